The molecule has 1 aliphatic heterocycles. The molecule has 3 heteroatoms. The summed E-state index contributed by atoms with van der Waals surface area (Å²) in [6.07, 6.45) is 2.22. The fraction of sp³-hybridized carbons (Fsp3) is 0.600. The van der Waals surface area contributed by atoms with E-state index in [4.69, 9.17) is 9.47 Å². The van der Waals surface area contributed by atoms with Crippen LogP contribution in [0, 0.1) is 5.92 Å². The van der Waals surface area contributed by atoms with Gasteiger partial charge in [-0.1, -0.05) is 12.1 Å². The van der Waals surface area contributed by atoms with Crippen molar-refractivity contribution in [1.29, 1.82) is 0 Å². The van der Waals surface area contributed by atoms with Gasteiger partial charge in [-0.15, -0.1) is 0 Å². The molecule has 1 fully saturated rings. The van der Waals surface area contributed by atoms with Crippen LogP contribution in [0.2, 0.25) is 0 Å². The molecular weight excluding hydrogens is 226 g/mol. The largest absolute Gasteiger partial charge is 0.497 e. The molecule has 0 bridgehead atoms. The predicted octanol–water partition coefficient (Wildman–Crippen LogP) is 2.25. The monoisotopic (exact) mass is 249 g/mol. The van der Waals surface area contributed by atoms with Gasteiger partial charge in [-0.3, -0.25) is 0 Å². The Hall–Kier alpha value is -1.06. The summed E-state index contributed by atoms with van der Waals surface area (Å²) in [4.78, 5) is 0. The zero-order valence-electron chi connectivity index (χ0n) is 11.3. The van der Waals surface area contributed by atoms with Crippen molar-refractivity contribution in [2.45, 2.75) is 25.8 Å². The van der Waals surface area contributed by atoms with Gasteiger partial charge in [-0.25, -0.2) is 0 Å². The fourth-order valence-electron chi connectivity index (χ4n) is 2.39. The third-order valence-electron chi connectivity index (χ3n) is 3.69. The maximum atomic E-state index is 5.42. The van der Waals surface area contributed by atoms with Crippen LogP contribution in [0.1, 0.15) is 18.9 Å². The Balaban J connectivity index is 1.73. The van der Waals surface area contributed by atoms with Crippen LogP contribution >= 0.6 is 0 Å². The van der Waals surface area contributed by atoms with Crippen LogP contribution in [0.5, 0.6) is 5.75 Å². The van der Waals surface area contributed by atoms with Gasteiger partial charge in [0.2, 0.25) is 0 Å². The Morgan fingerprint density at radius 1 is 1.50 bits per heavy atom. The molecule has 1 aliphatic rings. The average molecular weight is 249 g/mol. The summed E-state index contributed by atoms with van der Waals surface area (Å²) in [6.45, 7) is 5.09. The van der Waals surface area contributed by atoms with Crippen LogP contribution in [0.25, 0.3) is 0 Å². The highest BCUT2D eigenvalue weighted by molar-refractivity contribution is 5.28. The summed E-state index contributed by atoms with van der Waals surface area (Å²) in [5.41, 5.74) is 1.32. The molecule has 1 aromatic carbocycles. The summed E-state index contributed by atoms with van der Waals surface area (Å²) in [7, 11) is 1.71. The molecule has 3 nitrogen and oxygen atoms in total. The lowest BCUT2D eigenvalue weighted by Gasteiger charge is -2.19. The molecule has 100 valence electrons. The van der Waals surface area contributed by atoms with Crippen LogP contribution < -0.4 is 10.1 Å². The van der Waals surface area contributed by atoms with E-state index in [9.17, 15) is 0 Å². The summed E-state index contributed by atoms with van der Waals surface area (Å²) < 4.78 is 10.6. The minimum Gasteiger partial charge on any atom is -0.497 e. The van der Waals surface area contributed by atoms with Gasteiger partial charge in [0, 0.05) is 12.6 Å². The minimum absolute atomic E-state index is 0.540. The number of nitrogens with one attached hydrogen (secondary N) is 1. The number of benzene rings is 1. The van der Waals surface area contributed by atoms with Gasteiger partial charge >= 0.3 is 0 Å². The third kappa shape index (κ3) is 3.72. The fourth-order valence-corrected chi connectivity index (χ4v) is 2.39. The quantitative estimate of drug-likeness (QED) is 0.839. The highest BCUT2D eigenvalue weighted by Gasteiger charge is 2.21. The van der Waals surface area contributed by atoms with Crippen molar-refractivity contribution < 1.29 is 9.47 Å². The molecule has 0 aromatic heterocycles. The number of rotatable bonds is 6. The third-order valence-corrected chi connectivity index (χ3v) is 3.69. The number of hydrogen-bond acceptors (Lipinski definition) is 3. The molecule has 2 rings (SSSR count). The van der Waals surface area contributed by atoms with Gasteiger partial charge in [0.1, 0.15) is 5.75 Å². The Morgan fingerprint density at radius 2 is 2.39 bits per heavy atom. The van der Waals surface area contributed by atoms with E-state index in [1.165, 1.54) is 12.0 Å². The molecule has 0 amide bonds. The molecule has 1 saturated heterocycles. The van der Waals surface area contributed by atoms with Crippen LogP contribution in [0.3, 0.4) is 0 Å². The SMILES string of the molecule is COc1cccc(CCNC(C)C2CCOC2)c1. The summed E-state index contributed by atoms with van der Waals surface area (Å²) in [5.74, 6) is 1.61. The lowest BCUT2D eigenvalue weighted by Crippen LogP contribution is -2.35. The molecule has 0 saturated carbocycles. The average Bonchev–Trinajstić information content (AvgIpc) is 2.93. The lowest BCUT2D eigenvalue weighted by atomic mass is 10.0. The molecule has 1 aromatic rings. The van der Waals surface area contributed by atoms with E-state index in [0.717, 1.165) is 31.9 Å². The van der Waals surface area contributed by atoms with Crippen molar-refractivity contribution in [3.63, 3.8) is 0 Å². The molecule has 0 radical (unpaired) electrons. The van der Waals surface area contributed by atoms with E-state index in [0.29, 0.717) is 12.0 Å². The smallest absolute Gasteiger partial charge is 0.119 e. The zero-order valence-corrected chi connectivity index (χ0v) is 11.3. The van der Waals surface area contributed by atoms with Crippen LogP contribution in [-0.4, -0.2) is 32.9 Å². The van der Waals surface area contributed by atoms with E-state index in [-0.39, 0.29) is 0 Å². The maximum absolute atomic E-state index is 5.42. The molecular formula is C15H23NO2. The van der Waals surface area contributed by atoms with E-state index >= 15 is 0 Å². The van der Waals surface area contributed by atoms with Gasteiger partial charge in [0.15, 0.2) is 0 Å². The van der Waals surface area contributed by atoms with Crippen LogP contribution in [0.4, 0.5) is 0 Å². The molecule has 0 aliphatic carbocycles. The Morgan fingerprint density at radius 3 is 3.11 bits per heavy atom. The van der Waals surface area contributed by atoms with Gasteiger partial charge in [0.25, 0.3) is 0 Å². The van der Waals surface area contributed by atoms with E-state index < -0.39 is 0 Å². The molecule has 2 atom stereocenters. The predicted molar refractivity (Wildman–Crippen MR) is 73.1 cm³/mol. The first kappa shape index (κ1) is 13.4. The van der Waals surface area contributed by atoms with Crippen molar-refractivity contribution in [2.24, 2.45) is 5.92 Å². The van der Waals surface area contributed by atoms with Gasteiger partial charge in [-0.05, 0) is 49.9 Å². The molecule has 2 unspecified atom stereocenters. The number of methoxy groups -OCH3 is 1. The summed E-state index contributed by atoms with van der Waals surface area (Å²) in [6, 6.07) is 8.81. The van der Waals surface area contributed by atoms with Gasteiger partial charge in [0.05, 0.1) is 13.7 Å². The zero-order chi connectivity index (χ0) is 12.8. The van der Waals surface area contributed by atoms with Crippen molar-refractivity contribution in [2.75, 3.05) is 26.9 Å². The highest BCUT2D eigenvalue weighted by Crippen LogP contribution is 2.16. The van der Waals surface area contributed by atoms with E-state index in [1.54, 1.807) is 7.11 Å². The van der Waals surface area contributed by atoms with Crippen molar-refractivity contribution in [1.82, 2.24) is 5.32 Å². The summed E-state index contributed by atoms with van der Waals surface area (Å²) in [5, 5.41) is 3.59. The Labute approximate surface area is 109 Å². The van der Waals surface area contributed by atoms with E-state index in [2.05, 4.69) is 24.4 Å². The first-order chi connectivity index (χ1) is 8.79. The molecule has 18 heavy (non-hydrogen) atoms. The van der Waals surface area contributed by atoms with Crippen LogP contribution in [-0.2, 0) is 11.2 Å². The summed E-state index contributed by atoms with van der Waals surface area (Å²) >= 11 is 0. The Kier molecular flexibility index (Phi) is 5.02. The van der Waals surface area contributed by atoms with E-state index in [1.807, 2.05) is 12.1 Å². The second kappa shape index (κ2) is 6.76. The molecule has 1 N–H and O–H groups in total. The number of hydrogen-bond donors (Lipinski definition) is 1. The van der Waals surface area contributed by atoms with Crippen molar-refractivity contribution >= 4 is 0 Å². The first-order valence-corrected chi connectivity index (χ1v) is 6.73. The Bertz CT molecular complexity index is 361. The minimum atomic E-state index is 0.540. The second-order valence-corrected chi connectivity index (χ2v) is 4.97. The number of ether oxygens (including phenoxy) is 2. The second-order valence-electron chi connectivity index (χ2n) is 4.97. The van der Waals surface area contributed by atoms with Crippen molar-refractivity contribution in [3.8, 4) is 5.75 Å². The maximum Gasteiger partial charge on any atom is 0.119 e. The van der Waals surface area contributed by atoms with Gasteiger partial charge in [-0.2, -0.15) is 0 Å². The standard InChI is InChI=1S/C15H23NO2/c1-12(14-7-9-18-11-14)16-8-6-13-4-3-5-15(10-13)17-2/h3-5,10,12,14,16H,6-9,11H2,1-2H3. The van der Waals surface area contributed by atoms with Gasteiger partial charge < -0.3 is 14.8 Å². The molecule has 0 spiro atoms. The normalized spacial score (nSPS) is 20.9. The van der Waals surface area contributed by atoms with Crippen molar-refractivity contribution in [3.05, 3.63) is 29.8 Å². The highest BCUT2D eigenvalue weighted by atomic mass is 16.5. The van der Waals surface area contributed by atoms with Crippen LogP contribution in [0.15, 0.2) is 24.3 Å². The first-order valence-electron chi connectivity index (χ1n) is 6.73. The lowest BCUT2D eigenvalue weighted by molar-refractivity contribution is 0.178. The topological polar surface area (TPSA) is 30.5 Å². The molecule has 1 heterocycles.